The zero-order valence-corrected chi connectivity index (χ0v) is 17.6. The quantitative estimate of drug-likeness (QED) is 0.647. The molecule has 0 unspecified atom stereocenters. The van der Waals surface area contributed by atoms with Gasteiger partial charge in [-0.2, -0.15) is 0 Å². The first-order valence-electron chi connectivity index (χ1n) is 9.14. The maximum atomic E-state index is 12.1. The van der Waals surface area contributed by atoms with E-state index in [1.807, 2.05) is 12.1 Å². The summed E-state index contributed by atoms with van der Waals surface area (Å²) < 4.78 is 30.6. The standard InChI is InChI=1S/C21H28N2O4S/c1-21(2,3)16-10-12-19(13-11-16)27-14-6-9-20(24)22-17-7-5-8-18(15-17)23-28(4,25)26/h5,7-8,10-13,15,23H,6,9,14H2,1-4H3,(H,22,24). The third kappa shape index (κ3) is 7.60. The Bertz CT molecular complexity index is 901. The molecule has 0 heterocycles. The van der Waals surface area contributed by atoms with Gasteiger partial charge in [0, 0.05) is 12.1 Å². The lowest BCUT2D eigenvalue weighted by Gasteiger charge is -2.19. The van der Waals surface area contributed by atoms with Gasteiger partial charge in [0.25, 0.3) is 0 Å². The number of hydrogen-bond donors (Lipinski definition) is 2. The second kappa shape index (κ2) is 9.10. The van der Waals surface area contributed by atoms with Crippen LogP contribution in [-0.4, -0.2) is 27.2 Å². The van der Waals surface area contributed by atoms with Crippen LogP contribution >= 0.6 is 0 Å². The summed E-state index contributed by atoms with van der Waals surface area (Å²) in [5.74, 6) is 0.635. The van der Waals surface area contributed by atoms with E-state index in [9.17, 15) is 13.2 Å². The van der Waals surface area contributed by atoms with Crippen LogP contribution in [0.2, 0.25) is 0 Å². The predicted octanol–water partition coefficient (Wildman–Crippen LogP) is 4.15. The van der Waals surface area contributed by atoms with E-state index in [2.05, 4.69) is 42.9 Å². The van der Waals surface area contributed by atoms with Crippen molar-refractivity contribution in [3.63, 3.8) is 0 Å². The molecule has 1 amide bonds. The van der Waals surface area contributed by atoms with Crippen molar-refractivity contribution in [2.24, 2.45) is 0 Å². The van der Waals surface area contributed by atoms with Gasteiger partial charge in [0.05, 0.1) is 18.6 Å². The fourth-order valence-electron chi connectivity index (χ4n) is 2.57. The van der Waals surface area contributed by atoms with E-state index in [-0.39, 0.29) is 11.3 Å². The van der Waals surface area contributed by atoms with Gasteiger partial charge in [0.1, 0.15) is 5.75 Å². The van der Waals surface area contributed by atoms with Crippen molar-refractivity contribution in [2.45, 2.75) is 39.0 Å². The van der Waals surface area contributed by atoms with Crippen LogP contribution in [0.1, 0.15) is 39.2 Å². The number of amides is 1. The first-order valence-corrected chi connectivity index (χ1v) is 11.0. The van der Waals surface area contributed by atoms with E-state index >= 15 is 0 Å². The molecule has 0 aliphatic carbocycles. The molecule has 2 N–H and O–H groups in total. The first-order chi connectivity index (χ1) is 13.0. The van der Waals surface area contributed by atoms with E-state index in [1.54, 1.807) is 24.3 Å². The molecule has 0 atom stereocenters. The molecular formula is C21H28N2O4S. The van der Waals surface area contributed by atoms with Crippen LogP contribution in [-0.2, 0) is 20.2 Å². The lowest BCUT2D eigenvalue weighted by Crippen LogP contribution is -2.14. The highest BCUT2D eigenvalue weighted by Crippen LogP contribution is 2.24. The average molecular weight is 405 g/mol. The van der Waals surface area contributed by atoms with E-state index in [0.717, 1.165) is 12.0 Å². The molecule has 0 aromatic heterocycles. The number of carbonyl (C=O) groups excluding carboxylic acids is 1. The van der Waals surface area contributed by atoms with Crippen LogP contribution < -0.4 is 14.8 Å². The van der Waals surface area contributed by atoms with Crippen molar-refractivity contribution in [1.29, 1.82) is 0 Å². The molecule has 2 rings (SSSR count). The summed E-state index contributed by atoms with van der Waals surface area (Å²) in [5, 5.41) is 2.76. The number of nitrogens with one attached hydrogen (secondary N) is 2. The van der Waals surface area contributed by atoms with Crippen molar-refractivity contribution >= 4 is 27.3 Å². The van der Waals surface area contributed by atoms with Gasteiger partial charge in [-0.15, -0.1) is 0 Å². The largest absolute Gasteiger partial charge is 0.494 e. The molecule has 0 saturated heterocycles. The Hall–Kier alpha value is -2.54. The van der Waals surface area contributed by atoms with Gasteiger partial charge in [0.2, 0.25) is 15.9 Å². The smallest absolute Gasteiger partial charge is 0.229 e. The Kier molecular flexibility index (Phi) is 7.07. The van der Waals surface area contributed by atoms with Crippen molar-refractivity contribution in [1.82, 2.24) is 0 Å². The SMILES string of the molecule is CC(C)(C)c1ccc(OCCCC(=O)Nc2cccc(NS(C)(=O)=O)c2)cc1. The Morgan fingerprint density at radius 3 is 2.29 bits per heavy atom. The Morgan fingerprint density at radius 1 is 1.04 bits per heavy atom. The van der Waals surface area contributed by atoms with E-state index < -0.39 is 10.0 Å². The molecule has 0 aliphatic rings. The van der Waals surface area contributed by atoms with Crippen LogP contribution in [0.15, 0.2) is 48.5 Å². The maximum Gasteiger partial charge on any atom is 0.229 e. The number of ether oxygens (including phenoxy) is 1. The second-order valence-electron chi connectivity index (χ2n) is 7.73. The zero-order chi connectivity index (χ0) is 20.8. The van der Waals surface area contributed by atoms with E-state index in [1.165, 1.54) is 5.56 Å². The minimum atomic E-state index is -3.36. The van der Waals surface area contributed by atoms with Crippen LogP contribution in [0.5, 0.6) is 5.75 Å². The highest BCUT2D eigenvalue weighted by Gasteiger charge is 2.13. The van der Waals surface area contributed by atoms with Crippen molar-refractivity contribution < 1.29 is 17.9 Å². The number of benzene rings is 2. The number of hydrogen-bond acceptors (Lipinski definition) is 4. The summed E-state index contributed by atoms with van der Waals surface area (Å²) in [4.78, 5) is 12.1. The fraction of sp³-hybridized carbons (Fsp3) is 0.381. The third-order valence-electron chi connectivity index (χ3n) is 3.99. The van der Waals surface area contributed by atoms with Crippen molar-refractivity contribution in [3.05, 3.63) is 54.1 Å². The third-order valence-corrected chi connectivity index (χ3v) is 4.59. The first kappa shape index (κ1) is 21.8. The molecular weight excluding hydrogens is 376 g/mol. The Morgan fingerprint density at radius 2 is 1.68 bits per heavy atom. The molecule has 0 saturated carbocycles. The number of rotatable bonds is 8. The summed E-state index contributed by atoms with van der Waals surface area (Å²) in [6.45, 7) is 6.93. The molecule has 0 fully saturated rings. The summed E-state index contributed by atoms with van der Waals surface area (Å²) in [5.41, 5.74) is 2.29. The molecule has 0 radical (unpaired) electrons. The molecule has 28 heavy (non-hydrogen) atoms. The Labute approximate surface area is 167 Å². The number of sulfonamides is 1. The monoisotopic (exact) mass is 404 g/mol. The maximum absolute atomic E-state index is 12.1. The minimum Gasteiger partial charge on any atom is -0.494 e. The van der Waals surface area contributed by atoms with E-state index in [4.69, 9.17) is 4.74 Å². The lowest BCUT2D eigenvalue weighted by molar-refractivity contribution is -0.116. The highest BCUT2D eigenvalue weighted by molar-refractivity contribution is 7.92. The lowest BCUT2D eigenvalue weighted by atomic mass is 9.87. The van der Waals surface area contributed by atoms with Crippen LogP contribution in [0.3, 0.4) is 0 Å². The minimum absolute atomic E-state index is 0.102. The van der Waals surface area contributed by atoms with Crippen LogP contribution in [0.25, 0.3) is 0 Å². The molecule has 0 aliphatic heterocycles. The summed E-state index contributed by atoms with van der Waals surface area (Å²) in [6.07, 6.45) is 1.97. The van der Waals surface area contributed by atoms with Gasteiger partial charge in [-0.1, -0.05) is 39.0 Å². The highest BCUT2D eigenvalue weighted by atomic mass is 32.2. The summed E-state index contributed by atoms with van der Waals surface area (Å²) in [6, 6.07) is 14.6. The number of anilines is 2. The summed E-state index contributed by atoms with van der Waals surface area (Å²) >= 11 is 0. The van der Waals surface area contributed by atoms with Gasteiger partial charge in [-0.25, -0.2) is 8.42 Å². The number of carbonyl (C=O) groups is 1. The normalized spacial score (nSPS) is 11.7. The average Bonchev–Trinajstić information content (AvgIpc) is 2.57. The fourth-order valence-corrected chi connectivity index (χ4v) is 3.13. The van der Waals surface area contributed by atoms with Gasteiger partial charge >= 0.3 is 0 Å². The van der Waals surface area contributed by atoms with Gasteiger partial charge in [-0.3, -0.25) is 9.52 Å². The molecule has 152 valence electrons. The molecule has 0 spiro atoms. The van der Waals surface area contributed by atoms with Gasteiger partial charge in [-0.05, 0) is 47.7 Å². The van der Waals surface area contributed by atoms with Crippen molar-refractivity contribution in [3.8, 4) is 5.75 Å². The molecule has 0 bridgehead atoms. The predicted molar refractivity (Wildman–Crippen MR) is 113 cm³/mol. The zero-order valence-electron chi connectivity index (χ0n) is 16.8. The molecule has 6 nitrogen and oxygen atoms in total. The van der Waals surface area contributed by atoms with Crippen LogP contribution in [0.4, 0.5) is 11.4 Å². The second-order valence-corrected chi connectivity index (χ2v) is 9.48. The van der Waals surface area contributed by atoms with Crippen molar-refractivity contribution in [2.75, 3.05) is 22.9 Å². The molecule has 7 heteroatoms. The summed E-state index contributed by atoms with van der Waals surface area (Å²) in [7, 11) is -3.36. The molecule has 2 aromatic rings. The van der Waals surface area contributed by atoms with Gasteiger partial charge in [0.15, 0.2) is 0 Å². The Balaban J connectivity index is 1.76. The van der Waals surface area contributed by atoms with Crippen LogP contribution in [0, 0.1) is 0 Å². The van der Waals surface area contributed by atoms with Gasteiger partial charge < -0.3 is 10.1 Å². The molecule has 2 aromatic carbocycles. The van der Waals surface area contributed by atoms with E-state index in [0.29, 0.717) is 30.8 Å². The topological polar surface area (TPSA) is 84.5 Å².